The van der Waals surface area contributed by atoms with Crippen molar-refractivity contribution in [3.8, 4) is 0 Å². The van der Waals surface area contributed by atoms with Crippen LogP contribution in [0.25, 0.3) is 0 Å². The average molecular weight is 208 g/mol. The molecule has 2 unspecified atom stereocenters. The maximum absolute atomic E-state index is 9.95. The highest BCUT2D eigenvalue weighted by Crippen LogP contribution is 2.56. The fraction of sp³-hybridized carbons (Fsp3) is 0.714. The Bertz CT molecular complexity index is 298. The van der Waals surface area contributed by atoms with Crippen LogP contribution in [0.3, 0.4) is 0 Å². The maximum atomic E-state index is 9.95. The van der Waals surface area contributed by atoms with Gasteiger partial charge in [-0.2, -0.15) is 0 Å². The van der Waals surface area contributed by atoms with Crippen molar-refractivity contribution in [1.29, 1.82) is 0 Å². The fourth-order valence-corrected chi connectivity index (χ4v) is 2.45. The lowest BCUT2D eigenvalue weighted by Gasteiger charge is -2.43. The van der Waals surface area contributed by atoms with Gasteiger partial charge in [-0.3, -0.25) is 0 Å². The third-order valence-electron chi connectivity index (χ3n) is 4.68. The smallest absolute Gasteiger partial charge is 0.0750 e. The van der Waals surface area contributed by atoms with Crippen LogP contribution in [-0.4, -0.2) is 11.2 Å². The van der Waals surface area contributed by atoms with Crippen molar-refractivity contribution in [3.05, 3.63) is 23.8 Å². The van der Waals surface area contributed by atoms with Gasteiger partial charge in [0.2, 0.25) is 0 Å². The number of rotatable bonds is 3. The summed E-state index contributed by atoms with van der Waals surface area (Å²) in [6.45, 7) is 15.0. The molecule has 0 radical (unpaired) electrons. The minimum absolute atomic E-state index is 0.00646. The van der Waals surface area contributed by atoms with E-state index in [1.165, 1.54) is 5.57 Å². The summed E-state index contributed by atoms with van der Waals surface area (Å²) in [7, 11) is 0. The van der Waals surface area contributed by atoms with E-state index in [9.17, 15) is 5.11 Å². The van der Waals surface area contributed by atoms with Gasteiger partial charge in [-0.15, -0.1) is 0 Å². The Morgan fingerprint density at radius 3 is 2.40 bits per heavy atom. The van der Waals surface area contributed by atoms with E-state index in [4.69, 9.17) is 0 Å². The molecule has 1 aliphatic carbocycles. The molecule has 86 valence electrons. The third kappa shape index (κ3) is 1.67. The highest BCUT2D eigenvalue weighted by Gasteiger charge is 2.48. The summed E-state index contributed by atoms with van der Waals surface area (Å²) in [5.41, 5.74) is 2.52. The van der Waals surface area contributed by atoms with Crippen LogP contribution in [0.15, 0.2) is 23.8 Å². The SMILES string of the molecule is C=C(C(O)CC)C1(C)CC=C(C)C1(C)C. The second-order valence-corrected chi connectivity index (χ2v) is 5.50. The van der Waals surface area contributed by atoms with Crippen molar-refractivity contribution >= 4 is 0 Å². The van der Waals surface area contributed by atoms with Gasteiger partial charge in [0.1, 0.15) is 0 Å². The minimum Gasteiger partial charge on any atom is -0.389 e. The highest BCUT2D eigenvalue weighted by molar-refractivity contribution is 5.32. The predicted octanol–water partition coefficient (Wildman–Crippen LogP) is 3.70. The largest absolute Gasteiger partial charge is 0.389 e. The number of allylic oxidation sites excluding steroid dienone is 2. The molecule has 0 aromatic rings. The summed E-state index contributed by atoms with van der Waals surface area (Å²) in [5, 5.41) is 9.95. The normalized spacial score (nSPS) is 31.2. The Balaban J connectivity index is 3.01. The molecule has 0 spiro atoms. The summed E-state index contributed by atoms with van der Waals surface area (Å²) >= 11 is 0. The quantitative estimate of drug-likeness (QED) is 0.701. The molecule has 0 aromatic heterocycles. The molecule has 0 heterocycles. The van der Waals surface area contributed by atoms with Crippen LogP contribution in [-0.2, 0) is 0 Å². The molecule has 0 bridgehead atoms. The van der Waals surface area contributed by atoms with Gasteiger partial charge in [0.15, 0.2) is 0 Å². The first-order valence-corrected chi connectivity index (χ1v) is 5.82. The van der Waals surface area contributed by atoms with E-state index in [0.29, 0.717) is 0 Å². The Kier molecular flexibility index (Phi) is 3.16. The Labute approximate surface area is 93.9 Å². The van der Waals surface area contributed by atoms with Crippen molar-refractivity contribution in [1.82, 2.24) is 0 Å². The topological polar surface area (TPSA) is 20.2 Å². The number of aliphatic hydroxyl groups is 1. The molecule has 0 amide bonds. The zero-order valence-corrected chi connectivity index (χ0v) is 10.7. The molecule has 2 atom stereocenters. The van der Waals surface area contributed by atoms with E-state index in [0.717, 1.165) is 18.4 Å². The van der Waals surface area contributed by atoms with Crippen LogP contribution in [0.4, 0.5) is 0 Å². The predicted molar refractivity (Wildman–Crippen MR) is 65.7 cm³/mol. The van der Waals surface area contributed by atoms with E-state index >= 15 is 0 Å². The Morgan fingerprint density at radius 2 is 2.07 bits per heavy atom. The highest BCUT2D eigenvalue weighted by atomic mass is 16.3. The first kappa shape index (κ1) is 12.5. The van der Waals surface area contributed by atoms with Gasteiger partial charge in [-0.05, 0) is 30.8 Å². The third-order valence-corrected chi connectivity index (χ3v) is 4.68. The molecule has 1 N–H and O–H groups in total. The molecule has 1 nitrogen and oxygen atoms in total. The van der Waals surface area contributed by atoms with Crippen molar-refractivity contribution in [2.24, 2.45) is 10.8 Å². The van der Waals surface area contributed by atoms with E-state index in [1.54, 1.807) is 0 Å². The van der Waals surface area contributed by atoms with Crippen LogP contribution in [0.1, 0.15) is 47.5 Å². The van der Waals surface area contributed by atoms with Crippen LogP contribution in [0, 0.1) is 10.8 Å². The molecule has 0 saturated heterocycles. The van der Waals surface area contributed by atoms with Crippen LogP contribution < -0.4 is 0 Å². The van der Waals surface area contributed by atoms with E-state index in [1.807, 2.05) is 6.92 Å². The number of hydrogen-bond donors (Lipinski definition) is 1. The van der Waals surface area contributed by atoms with Gasteiger partial charge in [0.05, 0.1) is 6.10 Å². The molecule has 1 heteroatoms. The molecule has 15 heavy (non-hydrogen) atoms. The fourth-order valence-electron chi connectivity index (χ4n) is 2.45. The molecular weight excluding hydrogens is 184 g/mol. The molecular formula is C14H24O. The summed E-state index contributed by atoms with van der Waals surface area (Å²) in [4.78, 5) is 0. The van der Waals surface area contributed by atoms with Crippen molar-refractivity contribution in [2.75, 3.05) is 0 Å². The van der Waals surface area contributed by atoms with Gasteiger partial charge in [0, 0.05) is 5.41 Å². The first-order chi connectivity index (χ1) is 6.77. The van der Waals surface area contributed by atoms with E-state index < -0.39 is 0 Å². The van der Waals surface area contributed by atoms with Crippen LogP contribution in [0.5, 0.6) is 0 Å². The van der Waals surface area contributed by atoms with Gasteiger partial charge >= 0.3 is 0 Å². The molecule has 1 rings (SSSR count). The Hall–Kier alpha value is -0.560. The molecule has 0 aliphatic heterocycles. The molecule has 0 fully saturated rings. The molecule has 0 aromatic carbocycles. The summed E-state index contributed by atoms with van der Waals surface area (Å²) in [6, 6.07) is 0. The summed E-state index contributed by atoms with van der Waals surface area (Å²) in [5.74, 6) is 0. The first-order valence-electron chi connectivity index (χ1n) is 5.82. The van der Waals surface area contributed by atoms with Gasteiger partial charge < -0.3 is 5.11 Å². The standard InChI is InChI=1S/C14H24O/c1-7-12(15)11(3)14(6)9-8-10(2)13(14,4)5/h8,12,15H,3,7,9H2,1-2,4-6H3. The molecule has 1 aliphatic rings. The van der Waals surface area contributed by atoms with Crippen molar-refractivity contribution < 1.29 is 5.11 Å². The van der Waals surface area contributed by atoms with Gasteiger partial charge in [-0.1, -0.05) is 45.9 Å². The average Bonchev–Trinajstić information content (AvgIpc) is 2.41. The molecule has 0 saturated carbocycles. The lowest BCUT2D eigenvalue weighted by molar-refractivity contribution is 0.124. The second kappa shape index (κ2) is 3.79. The lowest BCUT2D eigenvalue weighted by atomic mass is 9.61. The van der Waals surface area contributed by atoms with Crippen LogP contribution >= 0.6 is 0 Å². The second-order valence-electron chi connectivity index (χ2n) is 5.50. The maximum Gasteiger partial charge on any atom is 0.0750 e. The Morgan fingerprint density at radius 1 is 1.53 bits per heavy atom. The van der Waals surface area contributed by atoms with Crippen molar-refractivity contribution in [3.63, 3.8) is 0 Å². The zero-order valence-electron chi connectivity index (χ0n) is 10.7. The monoisotopic (exact) mass is 208 g/mol. The van der Waals surface area contributed by atoms with Gasteiger partial charge in [0.25, 0.3) is 0 Å². The van der Waals surface area contributed by atoms with Crippen LogP contribution in [0.2, 0.25) is 0 Å². The number of hydrogen-bond acceptors (Lipinski definition) is 1. The minimum atomic E-state index is -0.367. The summed E-state index contributed by atoms with van der Waals surface area (Å²) < 4.78 is 0. The van der Waals surface area contributed by atoms with Gasteiger partial charge in [-0.25, -0.2) is 0 Å². The van der Waals surface area contributed by atoms with E-state index in [2.05, 4.69) is 40.3 Å². The van der Waals surface area contributed by atoms with Crippen molar-refractivity contribution in [2.45, 2.75) is 53.6 Å². The number of aliphatic hydroxyl groups excluding tert-OH is 1. The summed E-state index contributed by atoms with van der Waals surface area (Å²) in [6.07, 6.45) is 3.67. The lowest BCUT2D eigenvalue weighted by Crippen LogP contribution is -2.37. The van der Waals surface area contributed by atoms with E-state index in [-0.39, 0.29) is 16.9 Å². The zero-order chi connectivity index (χ0) is 11.9.